The molecule has 1 aliphatic heterocycles. The third-order valence-electron chi connectivity index (χ3n) is 6.27. The van der Waals surface area contributed by atoms with Crippen LogP contribution in [0.4, 0.5) is 0 Å². The summed E-state index contributed by atoms with van der Waals surface area (Å²) in [5.74, 6) is 0.269. The summed E-state index contributed by atoms with van der Waals surface area (Å²) in [7, 11) is 1.37. The van der Waals surface area contributed by atoms with E-state index < -0.39 is 6.04 Å². The lowest BCUT2D eigenvalue weighted by Gasteiger charge is -2.37. The lowest BCUT2D eigenvalue weighted by Crippen LogP contribution is -2.65. The van der Waals surface area contributed by atoms with Gasteiger partial charge in [0.25, 0.3) is 0 Å². The summed E-state index contributed by atoms with van der Waals surface area (Å²) in [5, 5.41) is 7.62. The molecule has 0 unspecified atom stereocenters. The number of carbonyl (C=O) groups excluding carboxylic acids is 2. The number of hydrogen-bond acceptors (Lipinski definition) is 5. The van der Waals surface area contributed by atoms with E-state index in [1.165, 1.54) is 7.11 Å². The van der Waals surface area contributed by atoms with Gasteiger partial charge in [-0.1, -0.05) is 71.7 Å². The lowest BCUT2D eigenvalue weighted by atomic mass is 9.91. The number of methoxy groups -OCH3 is 1. The molecule has 8 heteroatoms. The van der Waals surface area contributed by atoms with Gasteiger partial charge >= 0.3 is 5.97 Å². The van der Waals surface area contributed by atoms with Crippen molar-refractivity contribution in [3.05, 3.63) is 99.5 Å². The maximum absolute atomic E-state index is 12.9. The van der Waals surface area contributed by atoms with E-state index in [1.807, 2.05) is 54.6 Å². The van der Waals surface area contributed by atoms with Gasteiger partial charge in [0.05, 0.1) is 19.6 Å². The molecule has 0 bridgehead atoms. The molecule has 0 aromatic heterocycles. The second-order valence-corrected chi connectivity index (χ2v) is 9.56. The number of rotatable bonds is 9. The first-order valence-corrected chi connectivity index (χ1v) is 12.5. The number of ether oxygens (including phenoxy) is 2. The third-order valence-corrected chi connectivity index (χ3v) is 6.97. The molecule has 0 aliphatic carbocycles. The van der Waals surface area contributed by atoms with Gasteiger partial charge in [-0.25, -0.2) is 0 Å². The zero-order valence-electron chi connectivity index (χ0n) is 19.9. The van der Waals surface area contributed by atoms with Gasteiger partial charge in [0.15, 0.2) is 0 Å². The first-order chi connectivity index (χ1) is 17.4. The molecular formula is C28H28Cl2N2O4. The quantitative estimate of drug-likeness (QED) is 0.393. The van der Waals surface area contributed by atoms with Crippen LogP contribution >= 0.6 is 23.2 Å². The second-order valence-electron chi connectivity index (χ2n) is 8.75. The molecule has 6 nitrogen and oxygen atoms in total. The van der Waals surface area contributed by atoms with Crippen molar-refractivity contribution in [3.63, 3.8) is 0 Å². The van der Waals surface area contributed by atoms with Crippen LogP contribution in [0, 0.1) is 0 Å². The van der Waals surface area contributed by atoms with Crippen molar-refractivity contribution in [1.29, 1.82) is 0 Å². The van der Waals surface area contributed by atoms with Crippen molar-refractivity contribution in [2.75, 3.05) is 7.11 Å². The lowest BCUT2D eigenvalue weighted by molar-refractivity contribution is -0.142. The molecule has 1 heterocycles. The van der Waals surface area contributed by atoms with Crippen molar-refractivity contribution in [2.45, 2.75) is 44.0 Å². The van der Waals surface area contributed by atoms with Gasteiger partial charge in [0.1, 0.15) is 12.4 Å². The number of hydrogen-bond donors (Lipinski definition) is 2. The van der Waals surface area contributed by atoms with Crippen molar-refractivity contribution in [1.82, 2.24) is 10.6 Å². The molecule has 1 aliphatic rings. The van der Waals surface area contributed by atoms with Crippen LogP contribution in [-0.4, -0.2) is 37.1 Å². The molecule has 0 radical (unpaired) electrons. The number of carbonyl (C=O) groups is 2. The predicted octanol–water partition coefficient (Wildman–Crippen LogP) is 4.75. The highest BCUT2D eigenvalue weighted by Gasteiger charge is 2.36. The van der Waals surface area contributed by atoms with E-state index in [2.05, 4.69) is 10.6 Å². The van der Waals surface area contributed by atoms with Crippen molar-refractivity contribution in [2.24, 2.45) is 0 Å². The number of esters is 1. The number of halogens is 2. The number of nitrogens with one attached hydrogen (secondary N) is 2. The minimum absolute atomic E-state index is 0.0819. The summed E-state index contributed by atoms with van der Waals surface area (Å²) in [4.78, 5) is 25.0. The van der Waals surface area contributed by atoms with Crippen LogP contribution < -0.4 is 15.4 Å². The fourth-order valence-corrected chi connectivity index (χ4v) is 4.80. The third kappa shape index (κ3) is 6.78. The molecule has 4 rings (SSSR count). The Hall–Kier alpha value is -3.06. The smallest absolute Gasteiger partial charge is 0.307 e. The van der Waals surface area contributed by atoms with Crippen LogP contribution in [0.5, 0.6) is 5.75 Å². The van der Waals surface area contributed by atoms with Gasteiger partial charge in [-0.2, -0.15) is 0 Å². The van der Waals surface area contributed by atoms with Crippen LogP contribution in [0.2, 0.25) is 10.0 Å². The fraction of sp³-hybridized carbons (Fsp3) is 0.286. The van der Waals surface area contributed by atoms with E-state index in [0.717, 1.165) is 16.7 Å². The number of benzene rings is 3. The maximum atomic E-state index is 12.9. The molecule has 188 valence electrons. The Labute approximate surface area is 220 Å². The largest absolute Gasteiger partial charge is 0.489 e. The number of amides is 1. The van der Waals surface area contributed by atoms with Crippen LogP contribution in [0.3, 0.4) is 0 Å². The minimum atomic E-state index is -0.425. The van der Waals surface area contributed by atoms with Crippen molar-refractivity contribution < 1.29 is 19.1 Å². The molecule has 3 aromatic rings. The van der Waals surface area contributed by atoms with E-state index in [1.54, 1.807) is 18.2 Å². The van der Waals surface area contributed by atoms with Gasteiger partial charge in [-0.15, -0.1) is 0 Å². The Bertz CT molecular complexity index is 1170. The highest BCUT2D eigenvalue weighted by atomic mass is 35.5. The Morgan fingerprint density at radius 3 is 2.19 bits per heavy atom. The first-order valence-electron chi connectivity index (χ1n) is 11.7. The van der Waals surface area contributed by atoms with E-state index >= 15 is 0 Å². The molecule has 0 spiro atoms. The van der Waals surface area contributed by atoms with E-state index in [0.29, 0.717) is 28.6 Å². The zero-order valence-corrected chi connectivity index (χ0v) is 21.4. The first kappa shape index (κ1) is 26.0. The Morgan fingerprint density at radius 2 is 1.53 bits per heavy atom. The molecular weight excluding hydrogens is 499 g/mol. The highest BCUT2D eigenvalue weighted by Crippen LogP contribution is 2.26. The van der Waals surface area contributed by atoms with Crippen molar-refractivity contribution >= 4 is 35.1 Å². The molecule has 3 aromatic carbocycles. The second kappa shape index (κ2) is 12.3. The normalized spacial score (nSPS) is 19.4. The van der Waals surface area contributed by atoms with Crippen LogP contribution in [-0.2, 0) is 33.8 Å². The fourth-order valence-electron chi connectivity index (χ4n) is 4.29. The molecule has 1 fully saturated rings. The van der Waals surface area contributed by atoms with Crippen LogP contribution in [0.15, 0.2) is 72.8 Å². The van der Waals surface area contributed by atoms with Crippen LogP contribution in [0.25, 0.3) is 0 Å². The summed E-state index contributed by atoms with van der Waals surface area (Å²) in [6, 6.07) is 21.8. The summed E-state index contributed by atoms with van der Waals surface area (Å²) in [5.41, 5.74) is 2.78. The number of piperazine rings is 1. The van der Waals surface area contributed by atoms with Gasteiger partial charge < -0.3 is 20.1 Å². The minimum Gasteiger partial charge on any atom is -0.489 e. The Balaban J connectivity index is 1.40. The van der Waals surface area contributed by atoms with Gasteiger partial charge in [-0.05, 0) is 48.2 Å². The average molecular weight is 527 g/mol. The van der Waals surface area contributed by atoms with Crippen molar-refractivity contribution in [3.8, 4) is 5.75 Å². The summed E-state index contributed by atoms with van der Waals surface area (Å²) < 4.78 is 10.8. The van der Waals surface area contributed by atoms with Crippen LogP contribution in [0.1, 0.15) is 23.1 Å². The predicted molar refractivity (Wildman–Crippen MR) is 140 cm³/mol. The molecule has 36 heavy (non-hydrogen) atoms. The van der Waals surface area contributed by atoms with Gasteiger partial charge in [-0.3, -0.25) is 9.59 Å². The summed E-state index contributed by atoms with van der Waals surface area (Å²) >= 11 is 12.4. The highest BCUT2D eigenvalue weighted by molar-refractivity contribution is 6.35. The Morgan fingerprint density at radius 1 is 0.861 bits per heavy atom. The van der Waals surface area contributed by atoms with Gasteiger partial charge in [0, 0.05) is 27.7 Å². The summed E-state index contributed by atoms with van der Waals surface area (Å²) in [6.45, 7) is 0.254. The molecule has 2 N–H and O–H groups in total. The maximum Gasteiger partial charge on any atom is 0.307 e. The monoisotopic (exact) mass is 526 g/mol. The van der Waals surface area contributed by atoms with E-state index in [4.69, 9.17) is 32.7 Å². The summed E-state index contributed by atoms with van der Waals surface area (Å²) in [6.07, 6.45) is 1.25. The standard InChI is InChI=1S/C28H28Cl2N2O4/c1-35-27(33)16-25-24(32-28(34)26(31-25)15-18-6-3-2-4-7-18)14-19-10-12-20(13-11-19)36-17-21-22(29)8-5-9-23(21)30/h2-13,24-26,31H,14-17H2,1H3,(H,32,34)/t24-,25-,26+/m0/s1. The Kier molecular flexibility index (Phi) is 8.86. The zero-order chi connectivity index (χ0) is 25.5. The molecule has 0 saturated carbocycles. The molecule has 1 amide bonds. The molecule has 1 saturated heterocycles. The van der Waals surface area contributed by atoms with E-state index in [9.17, 15) is 9.59 Å². The topological polar surface area (TPSA) is 76.7 Å². The SMILES string of the molecule is COC(=O)C[C@@H]1N[C@H](Cc2ccccc2)C(=O)N[C@H]1Cc1ccc(OCc2c(Cl)cccc2Cl)cc1. The van der Waals surface area contributed by atoms with Gasteiger partial charge in [0.2, 0.25) is 5.91 Å². The van der Waals surface area contributed by atoms with E-state index in [-0.39, 0.29) is 37.0 Å². The molecule has 3 atom stereocenters. The average Bonchev–Trinajstić information content (AvgIpc) is 2.88.